The van der Waals surface area contributed by atoms with E-state index in [1.165, 1.54) is 12.1 Å². The summed E-state index contributed by atoms with van der Waals surface area (Å²) < 4.78 is 25.6. The minimum atomic E-state index is -1.04. The number of rotatable bonds is 13. The van der Waals surface area contributed by atoms with E-state index in [2.05, 4.69) is 20.9 Å². The van der Waals surface area contributed by atoms with Gasteiger partial charge in [-0.1, -0.05) is 24.6 Å². The molecule has 55 heavy (non-hydrogen) atoms. The van der Waals surface area contributed by atoms with Crippen LogP contribution in [-0.4, -0.2) is 71.8 Å². The van der Waals surface area contributed by atoms with Gasteiger partial charge >= 0.3 is 0 Å². The van der Waals surface area contributed by atoms with Gasteiger partial charge in [-0.15, -0.1) is 0 Å². The maximum Gasteiger partial charge on any atom is 0.264 e. The van der Waals surface area contributed by atoms with Gasteiger partial charge in [-0.05, 0) is 98.0 Å². The van der Waals surface area contributed by atoms with Gasteiger partial charge in [0, 0.05) is 47.9 Å². The van der Waals surface area contributed by atoms with Crippen molar-refractivity contribution in [3.8, 4) is 5.75 Å². The Morgan fingerprint density at radius 1 is 0.982 bits per heavy atom. The van der Waals surface area contributed by atoms with Crippen molar-refractivity contribution in [1.29, 1.82) is 0 Å². The number of carbonyl (C=O) groups excluding carboxylic acids is 5. The molecule has 3 aliphatic rings. The molecule has 3 aromatic carbocycles. The second kappa shape index (κ2) is 16.5. The molecule has 12 nitrogen and oxygen atoms in total. The van der Waals surface area contributed by atoms with Gasteiger partial charge in [0.15, 0.2) is 0 Å². The van der Waals surface area contributed by atoms with Crippen LogP contribution in [0.1, 0.15) is 77.6 Å². The van der Waals surface area contributed by atoms with Gasteiger partial charge in [0.2, 0.25) is 17.7 Å². The van der Waals surface area contributed by atoms with Crippen LogP contribution in [0.5, 0.6) is 5.75 Å². The first-order chi connectivity index (χ1) is 26.6. The van der Waals surface area contributed by atoms with Crippen LogP contribution in [0, 0.1) is 17.7 Å². The fourth-order valence-electron chi connectivity index (χ4n) is 7.82. The average Bonchev–Trinajstić information content (AvgIpc) is 3.44. The normalized spacial score (nSPS) is 20.3. The Labute approximate surface area is 322 Å². The highest BCUT2D eigenvalue weighted by Gasteiger charge is 2.45. The number of ether oxygens (including phenoxy) is 2. The maximum atomic E-state index is 14.0. The molecule has 286 valence electrons. The van der Waals surface area contributed by atoms with Crippen LogP contribution in [-0.2, 0) is 19.1 Å². The van der Waals surface area contributed by atoms with Gasteiger partial charge in [-0.25, -0.2) is 4.39 Å². The largest absolute Gasteiger partial charge is 0.490 e. The van der Waals surface area contributed by atoms with Crippen LogP contribution in [0.2, 0.25) is 5.02 Å². The highest BCUT2D eigenvalue weighted by atomic mass is 35.5. The molecule has 2 aliphatic heterocycles. The van der Waals surface area contributed by atoms with Gasteiger partial charge in [0.1, 0.15) is 24.2 Å². The molecule has 3 heterocycles. The van der Waals surface area contributed by atoms with Crippen LogP contribution >= 0.6 is 11.6 Å². The van der Waals surface area contributed by atoms with Crippen LogP contribution < -0.4 is 20.7 Å². The summed E-state index contributed by atoms with van der Waals surface area (Å²) in [5, 5.41) is 9.59. The molecule has 1 saturated carbocycles. The zero-order valence-corrected chi connectivity index (χ0v) is 31.0. The number of imide groups is 2. The van der Waals surface area contributed by atoms with E-state index in [-0.39, 0.29) is 73.3 Å². The van der Waals surface area contributed by atoms with Crippen LogP contribution in [0.4, 0.5) is 15.8 Å². The Kier molecular flexibility index (Phi) is 11.4. The molecule has 3 N–H and O–H groups in total. The molecule has 1 saturated heterocycles. The highest BCUT2D eigenvalue weighted by Crippen LogP contribution is 2.41. The van der Waals surface area contributed by atoms with E-state index in [1.54, 1.807) is 48.7 Å². The lowest BCUT2D eigenvalue weighted by molar-refractivity contribution is -0.136. The average molecular weight is 770 g/mol. The first-order valence-electron chi connectivity index (χ1n) is 18.5. The molecular formula is C41H41ClFN5O7. The molecule has 2 atom stereocenters. The highest BCUT2D eigenvalue weighted by molar-refractivity contribution is 6.32. The number of nitrogens with one attached hydrogen (secondary N) is 3. The minimum absolute atomic E-state index is 0.0457. The van der Waals surface area contributed by atoms with Gasteiger partial charge in [-0.3, -0.25) is 39.2 Å². The van der Waals surface area contributed by atoms with Crippen LogP contribution in [0.3, 0.4) is 0 Å². The van der Waals surface area contributed by atoms with Crippen molar-refractivity contribution >= 4 is 63.4 Å². The van der Waals surface area contributed by atoms with E-state index < -0.39 is 29.7 Å². The molecule has 7 rings (SSSR count). The molecule has 2 fully saturated rings. The molecule has 0 bridgehead atoms. The summed E-state index contributed by atoms with van der Waals surface area (Å²) in [6.45, 7) is 2.94. The maximum absolute atomic E-state index is 14.0. The summed E-state index contributed by atoms with van der Waals surface area (Å²) in [5.41, 5.74) is 3.28. The SMILES string of the molecule is C[C@@H](C(=O)Nc1ccc(Cl)c(OCCOCCNc2cccc3c2C(=O)N(C2CCC(=O)NC2=O)C3=O)c1)[C@H]1CC[C@@H](c2ccnc3ccc(F)cc32)CC1. The number of halogens is 2. The Bertz CT molecular complexity index is 2160. The summed E-state index contributed by atoms with van der Waals surface area (Å²) in [6.07, 6.45) is 5.50. The topological polar surface area (TPSA) is 156 Å². The van der Waals surface area contributed by atoms with Crippen molar-refractivity contribution in [3.05, 3.63) is 94.4 Å². The Morgan fingerprint density at radius 3 is 2.60 bits per heavy atom. The van der Waals surface area contributed by atoms with Crippen molar-refractivity contribution in [1.82, 2.24) is 15.2 Å². The summed E-state index contributed by atoms with van der Waals surface area (Å²) >= 11 is 6.39. The van der Waals surface area contributed by atoms with Gasteiger partial charge < -0.3 is 20.1 Å². The van der Waals surface area contributed by atoms with E-state index >= 15 is 0 Å². The van der Waals surface area contributed by atoms with Crippen molar-refractivity contribution in [3.63, 3.8) is 0 Å². The summed E-state index contributed by atoms with van der Waals surface area (Å²) in [7, 11) is 0. The number of hydrogen-bond donors (Lipinski definition) is 3. The number of pyridine rings is 1. The monoisotopic (exact) mass is 769 g/mol. The zero-order valence-electron chi connectivity index (χ0n) is 30.2. The van der Waals surface area contributed by atoms with E-state index in [4.69, 9.17) is 21.1 Å². The molecule has 4 aromatic rings. The molecule has 0 radical (unpaired) electrons. The molecule has 14 heteroatoms. The Hall–Kier alpha value is -5.40. The number of aromatic nitrogens is 1. The fraction of sp³-hybridized carbons (Fsp3) is 0.366. The second-order valence-corrected chi connectivity index (χ2v) is 14.6. The molecular weight excluding hydrogens is 729 g/mol. The number of piperidine rings is 1. The van der Waals surface area contributed by atoms with Crippen molar-refractivity contribution in [2.24, 2.45) is 11.8 Å². The fourth-order valence-corrected chi connectivity index (χ4v) is 7.99. The number of nitrogens with zero attached hydrogens (tertiary/aromatic N) is 2. The third kappa shape index (κ3) is 8.18. The third-order valence-electron chi connectivity index (χ3n) is 10.8. The third-order valence-corrected chi connectivity index (χ3v) is 11.1. The molecule has 5 amide bonds. The number of anilines is 2. The van der Waals surface area contributed by atoms with Crippen molar-refractivity contribution in [2.45, 2.75) is 57.4 Å². The molecule has 1 unspecified atom stereocenters. The van der Waals surface area contributed by atoms with Gasteiger partial charge in [-0.2, -0.15) is 0 Å². The first-order valence-corrected chi connectivity index (χ1v) is 18.9. The van der Waals surface area contributed by atoms with Gasteiger partial charge in [0.05, 0.1) is 34.9 Å². The number of benzene rings is 3. The van der Waals surface area contributed by atoms with Crippen molar-refractivity contribution in [2.75, 3.05) is 37.0 Å². The minimum Gasteiger partial charge on any atom is -0.490 e. The predicted octanol–water partition coefficient (Wildman–Crippen LogP) is 6.48. The van der Waals surface area contributed by atoms with E-state index in [1.807, 2.05) is 13.0 Å². The van der Waals surface area contributed by atoms with E-state index in [9.17, 15) is 28.4 Å². The van der Waals surface area contributed by atoms with Crippen LogP contribution in [0.15, 0.2) is 66.9 Å². The van der Waals surface area contributed by atoms with Crippen molar-refractivity contribution < 1.29 is 37.8 Å². The first kappa shape index (κ1) is 37.9. The molecule has 1 aromatic heterocycles. The number of fused-ring (bicyclic) bond motifs is 2. The number of amides is 5. The molecule has 1 aliphatic carbocycles. The van der Waals surface area contributed by atoms with E-state index in [0.29, 0.717) is 28.7 Å². The smallest absolute Gasteiger partial charge is 0.264 e. The zero-order chi connectivity index (χ0) is 38.6. The van der Waals surface area contributed by atoms with E-state index in [0.717, 1.165) is 47.0 Å². The summed E-state index contributed by atoms with van der Waals surface area (Å²) in [4.78, 5) is 68.9. The standard InChI is InChI=1S/C41H41ClFN5O7/c1-23(24-5-7-25(8-6-24)28-15-16-44-32-12-9-26(43)21-30(28)32)38(50)46-27-10-11-31(42)35(22-27)55-20-19-54-18-17-45-33-4-2-3-29-37(33)41(53)48(40(29)52)34-13-14-36(49)47-39(34)51/h2-4,9-12,15-16,21-25,34,45H,5-8,13-14,17-20H2,1H3,(H,46,50)(H,47,49,51)/t23-,24-,25+,34?/m1/s1. The lowest BCUT2D eigenvalue weighted by Gasteiger charge is -2.32. The summed E-state index contributed by atoms with van der Waals surface area (Å²) in [5.74, 6) is -1.91. The molecule has 0 spiro atoms. The lowest BCUT2D eigenvalue weighted by Crippen LogP contribution is -2.54. The predicted molar refractivity (Wildman–Crippen MR) is 204 cm³/mol. The van der Waals surface area contributed by atoms with Gasteiger partial charge in [0.25, 0.3) is 11.8 Å². The second-order valence-electron chi connectivity index (χ2n) is 14.2. The number of hydrogen-bond acceptors (Lipinski definition) is 9. The number of carbonyl (C=O) groups is 5. The Balaban J connectivity index is 0.847. The lowest BCUT2D eigenvalue weighted by atomic mass is 9.73. The summed E-state index contributed by atoms with van der Waals surface area (Å²) in [6, 6.07) is 15.6. The Morgan fingerprint density at radius 2 is 1.80 bits per heavy atom. The quantitative estimate of drug-likeness (QED) is 0.102. The van der Waals surface area contributed by atoms with Crippen LogP contribution in [0.25, 0.3) is 10.9 Å².